The minimum atomic E-state index is 0.312. The summed E-state index contributed by atoms with van der Waals surface area (Å²) in [6.07, 6.45) is 0. The summed E-state index contributed by atoms with van der Waals surface area (Å²) >= 11 is 8.17. The Balaban J connectivity index is 2.21. The second-order valence-electron chi connectivity index (χ2n) is 4.65. The molecule has 3 heteroatoms. The van der Waals surface area contributed by atoms with Crippen LogP contribution in [0.5, 0.6) is 0 Å². The predicted octanol–water partition coefficient (Wildman–Crippen LogP) is 4.97. The molecule has 2 aromatic rings. The molecule has 1 nitrogen and oxygen atoms in total. The topological polar surface area (TPSA) is 23.8 Å². The first-order chi connectivity index (χ1) is 9.22. The maximum absolute atomic E-state index is 9.09. The highest BCUT2D eigenvalue weighted by molar-refractivity contribution is 7.98. The van der Waals surface area contributed by atoms with Gasteiger partial charge in [-0.1, -0.05) is 42.8 Å². The van der Waals surface area contributed by atoms with Gasteiger partial charge in [0, 0.05) is 16.6 Å². The number of thioether (sulfide) groups is 1. The summed E-state index contributed by atoms with van der Waals surface area (Å²) in [5.41, 5.74) is 4.25. The van der Waals surface area contributed by atoms with Crippen molar-refractivity contribution in [3.05, 3.63) is 63.7 Å². The molecule has 19 heavy (non-hydrogen) atoms. The van der Waals surface area contributed by atoms with E-state index in [4.69, 9.17) is 16.9 Å². The van der Waals surface area contributed by atoms with Crippen molar-refractivity contribution in [3.63, 3.8) is 0 Å². The first kappa shape index (κ1) is 12.6. The average molecular weight is 286 g/mol. The number of halogens is 1. The van der Waals surface area contributed by atoms with E-state index in [1.54, 1.807) is 11.8 Å². The third kappa shape index (κ3) is 2.04. The first-order valence-corrected chi connectivity index (χ1v) is 7.52. The maximum Gasteiger partial charge on any atom is 0.101 e. The van der Waals surface area contributed by atoms with E-state index in [1.807, 2.05) is 12.1 Å². The fourth-order valence-electron chi connectivity index (χ4n) is 2.56. The van der Waals surface area contributed by atoms with Gasteiger partial charge in [0.2, 0.25) is 0 Å². The van der Waals surface area contributed by atoms with Gasteiger partial charge in [-0.15, -0.1) is 11.8 Å². The van der Waals surface area contributed by atoms with Crippen molar-refractivity contribution >= 4 is 23.4 Å². The Kier molecular flexibility index (Phi) is 3.26. The average Bonchev–Trinajstić information content (AvgIpc) is 2.58. The number of rotatable bonds is 0. The summed E-state index contributed by atoms with van der Waals surface area (Å²) in [4.78, 5) is 1.31. The lowest BCUT2D eigenvalue weighted by Gasteiger charge is -2.16. The lowest BCUT2D eigenvalue weighted by Crippen LogP contribution is -2.00. The molecule has 0 spiro atoms. The first-order valence-electron chi connectivity index (χ1n) is 6.15. The minimum absolute atomic E-state index is 0.312. The molecule has 0 fully saturated rings. The maximum atomic E-state index is 9.09. The zero-order valence-corrected chi connectivity index (χ0v) is 12.1. The van der Waals surface area contributed by atoms with Crippen LogP contribution in [0.15, 0.2) is 41.3 Å². The van der Waals surface area contributed by atoms with E-state index in [1.165, 1.54) is 16.0 Å². The van der Waals surface area contributed by atoms with Gasteiger partial charge in [0.05, 0.1) is 10.6 Å². The van der Waals surface area contributed by atoms with Gasteiger partial charge < -0.3 is 0 Å². The molecule has 0 bridgehead atoms. The van der Waals surface area contributed by atoms with Crippen molar-refractivity contribution in [1.82, 2.24) is 0 Å². The Hall–Kier alpha value is -1.43. The van der Waals surface area contributed by atoms with Crippen LogP contribution >= 0.6 is 23.4 Å². The highest BCUT2D eigenvalue weighted by Crippen LogP contribution is 2.43. The highest BCUT2D eigenvalue weighted by Gasteiger charge is 2.23. The van der Waals surface area contributed by atoms with Crippen LogP contribution in [-0.2, 0) is 5.75 Å². The molecule has 0 amide bonds. The molecule has 1 aliphatic heterocycles. The van der Waals surface area contributed by atoms with Crippen LogP contribution in [0.2, 0.25) is 5.02 Å². The standard InChI is InChI=1S/C16H12ClNS/c1-10-12-7-6-11(8-18)16(17)14(12)9-19-15-5-3-2-4-13(10)15/h2-7,10H,9H2,1H3. The largest absolute Gasteiger partial charge is 0.192 e. The molecule has 1 unspecified atom stereocenters. The predicted molar refractivity (Wildman–Crippen MR) is 79.7 cm³/mol. The van der Waals surface area contributed by atoms with E-state index in [0.29, 0.717) is 16.5 Å². The van der Waals surface area contributed by atoms with E-state index in [9.17, 15) is 0 Å². The van der Waals surface area contributed by atoms with Gasteiger partial charge in [0.15, 0.2) is 0 Å². The van der Waals surface area contributed by atoms with Crippen LogP contribution in [0.3, 0.4) is 0 Å². The van der Waals surface area contributed by atoms with E-state index in [2.05, 4.69) is 37.3 Å². The molecule has 0 N–H and O–H groups in total. The van der Waals surface area contributed by atoms with Gasteiger partial charge in [0.1, 0.15) is 6.07 Å². The highest BCUT2D eigenvalue weighted by atomic mass is 35.5. The summed E-state index contributed by atoms with van der Waals surface area (Å²) in [5, 5.41) is 9.71. The number of fused-ring (bicyclic) bond motifs is 2. The normalized spacial score (nSPS) is 17.0. The monoisotopic (exact) mass is 285 g/mol. The van der Waals surface area contributed by atoms with Crippen molar-refractivity contribution in [2.45, 2.75) is 23.5 Å². The summed E-state index contributed by atoms with van der Waals surface area (Å²) in [7, 11) is 0. The van der Waals surface area contributed by atoms with Gasteiger partial charge in [-0.2, -0.15) is 5.26 Å². The van der Waals surface area contributed by atoms with Gasteiger partial charge in [-0.25, -0.2) is 0 Å². The molecule has 1 heterocycles. The molecular formula is C16H12ClNS. The molecule has 1 aliphatic rings. The van der Waals surface area contributed by atoms with Crippen molar-refractivity contribution in [2.24, 2.45) is 0 Å². The third-order valence-corrected chi connectivity index (χ3v) is 5.17. The number of hydrogen-bond donors (Lipinski definition) is 0. The Labute approximate surface area is 122 Å². The summed E-state index contributed by atoms with van der Waals surface area (Å²) < 4.78 is 0. The molecule has 0 aromatic heterocycles. The molecule has 2 aromatic carbocycles. The van der Waals surface area contributed by atoms with Crippen LogP contribution in [0.1, 0.15) is 35.1 Å². The summed E-state index contributed by atoms with van der Waals surface area (Å²) in [6.45, 7) is 2.20. The van der Waals surface area contributed by atoms with E-state index >= 15 is 0 Å². The van der Waals surface area contributed by atoms with Gasteiger partial charge in [-0.3, -0.25) is 0 Å². The number of hydrogen-bond acceptors (Lipinski definition) is 2. The molecule has 0 aliphatic carbocycles. The molecule has 0 radical (unpaired) electrons. The number of benzene rings is 2. The van der Waals surface area contributed by atoms with Gasteiger partial charge in [-0.05, 0) is 28.8 Å². The van der Waals surface area contributed by atoms with E-state index in [-0.39, 0.29) is 0 Å². The van der Waals surface area contributed by atoms with Crippen LogP contribution in [-0.4, -0.2) is 0 Å². The minimum Gasteiger partial charge on any atom is -0.192 e. The SMILES string of the molecule is CC1c2ccccc2SCc2c1ccc(C#N)c2Cl. The zero-order chi connectivity index (χ0) is 13.4. The second-order valence-corrected chi connectivity index (χ2v) is 6.05. The Morgan fingerprint density at radius 1 is 1.21 bits per heavy atom. The smallest absolute Gasteiger partial charge is 0.101 e. The molecule has 3 rings (SSSR count). The van der Waals surface area contributed by atoms with E-state index < -0.39 is 0 Å². The molecule has 0 saturated carbocycles. The Morgan fingerprint density at radius 2 is 2.00 bits per heavy atom. The second kappa shape index (κ2) is 4.92. The Bertz CT molecular complexity index is 688. The van der Waals surface area contributed by atoms with E-state index in [0.717, 1.165) is 11.3 Å². The molecule has 94 valence electrons. The summed E-state index contributed by atoms with van der Waals surface area (Å²) in [5.74, 6) is 1.14. The molecule has 1 atom stereocenters. The van der Waals surface area contributed by atoms with Crippen LogP contribution in [0.25, 0.3) is 0 Å². The van der Waals surface area contributed by atoms with Crippen molar-refractivity contribution < 1.29 is 0 Å². The van der Waals surface area contributed by atoms with Crippen LogP contribution in [0.4, 0.5) is 0 Å². The number of nitriles is 1. The Morgan fingerprint density at radius 3 is 2.79 bits per heavy atom. The lowest BCUT2D eigenvalue weighted by molar-refractivity contribution is 0.890. The zero-order valence-electron chi connectivity index (χ0n) is 10.5. The number of nitrogens with zero attached hydrogens (tertiary/aromatic N) is 1. The third-order valence-electron chi connectivity index (χ3n) is 3.62. The van der Waals surface area contributed by atoms with Crippen molar-refractivity contribution in [2.75, 3.05) is 0 Å². The van der Waals surface area contributed by atoms with Crippen LogP contribution in [0, 0.1) is 11.3 Å². The quantitative estimate of drug-likeness (QED) is 0.682. The van der Waals surface area contributed by atoms with Crippen molar-refractivity contribution in [3.8, 4) is 6.07 Å². The van der Waals surface area contributed by atoms with Gasteiger partial charge in [0.25, 0.3) is 0 Å². The van der Waals surface area contributed by atoms with Crippen LogP contribution < -0.4 is 0 Å². The lowest BCUT2D eigenvalue weighted by atomic mass is 9.89. The van der Waals surface area contributed by atoms with Gasteiger partial charge >= 0.3 is 0 Å². The fraction of sp³-hybridized carbons (Fsp3) is 0.188. The fourth-order valence-corrected chi connectivity index (χ4v) is 4.12. The molecular weight excluding hydrogens is 274 g/mol. The summed E-state index contributed by atoms with van der Waals surface area (Å²) in [6, 6.07) is 14.5. The van der Waals surface area contributed by atoms with Crippen molar-refractivity contribution in [1.29, 1.82) is 5.26 Å². The molecule has 0 saturated heterocycles.